The Morgan fingerprint density at radius 1 is 0.867 bits per heavy atom. The second-order valence-corrected chi connectivity index (χ2v) is 7.50. The van der Waals surface area contributed by atoms with Crippen LogP contribution in [0, 0.1) is 11.3 Å². The Hall–Kier alpha value is -3.46. The monoisotopic (exact) mass is 394 g/mol. The number of aromatic nitrogens is 2. The smallest absolute Gasteiger partial charge is 0.137 e. The Morgan fingerprint density at radius 3 is 2.33 bits per heavy atom. The zero-order valence-electron chi connectivity index (χ0n) is 16.7. The molecule has 0 spiro atoms. The lowest BCUT2D eigenvalue weighted by Crippen LogP contribution is -2.36. The third-order valence-electron chi connectivity index (χ3n) is 5.59. The predicted octanol–water partition coefficient (Wildman–Crippen LogP) is 4.37. The molecule has 0 N–H and O–H groups in total. The fourth-order valence-corrected chi connectivity index (χ4v) is 3.95. The Morgan fingerprint density at radius 2 is 1.60 bits per heavy atom. The van der Waals surface area contributed by atoms with Crippen molar-refractivity contribution in [3.63, 3.8) is 0 Å². The second-order valence-electron chi connectivity index (χ2n) is 7.50. The van der Waals surface area contributed by atoms with Crippen molar-refractivity contribution in [2.45, 2.75) is 6.54 Å². The molecule has 0 amide bonds. The first-order valence-corrected chi connectivity index (χ1v) is 10.2. The summed E-state index contributed by atoms with van der Waals surface area (Å²) >= 11 is 0. The largest absolute Gasteiger partial charge is 0.379 e. The Kier molecular flexibility index (Phi) is 5.02. The van der Waals surface area contributed by atoms with Gasteiger partial charge in [-0.25, -0.2) is 4.98 Å². The van der Waals surface area contributed by atoms with Crippen LogP contribution in [-0.4, -0.2) is 40.6 Å². The summed E-state index contributed by atoms with van der Waals surface area (Å²) in [7, 11) is 0. The molecule has 1 aliphatic rings. The van der Waals surface area contributed by atoms with Crippen LogP contribution >= 0.6 is 0 Å². The van der Waals surface area contributed by atoms with E-state index in [1.165, 1.54) is 5.56 Å². The van der Waals surface area contributed by atoms with Gasteiger partial charge in [0.15, 0.2) is 0 Å². The molecule has 0 aliphatic carbocycles. The quantitative estimate of drug-likeness (QED) is 0.516. The maximum atomic E-state index is 9.13. The standard InChI is InChI=1S/C25H22N4O/c26-16-19-6-8-21(9-7-19)25-23(18-28-12-14-30-15-13-28)29-17-22(10-11-24(29)27-25)20-4-2-1-3-5-20/h1-11,17H,12-15,18H2. The van der Waals surface area contributed by atoms with E-state index in [2.05, 4.69) is 58.0 Å². The highest BCUT2D eigenvalue weighted by Crippen LogP contribution is 2.28. The van der Waals surface area contributed by atoms with Gasteiger partial charge in [0.25, 0.3) is 0 Å². The molecule has 30 heavy (non-hydrogen) atoms. The van der Waals surface area contributed by atoms with Crippen molar-refractivity contribution in [3.05, 3.63) is 84.2 Å². The number of morpholine rings is 1. The topological polar surface area (TPSA) is 53.6 Å². The van der Waals surface area contributed by atoms with E-state index in [4.69, 9.17) is 15.0 Å². The van der Waals surface area contributed by atoms with Gasteiger partial charge in [-0.05, 0) is 35.4 Å². The molecule has 1 fully saturated rings. The van der Waals surface area contributed by atoms with Gasteiger partial charge >= 0.3 is 0 Å². The molecule has 4 aromatic rings. The summed E-state index contributed by atoms with van der Waals surface area (Å²) in [5.74, 6) is 0. The first-order chi connectivity index (χ1) is 14.8. The molecule has 2 aromatic heterocycles. The number of fused-ring (bicyclic) bond motifs is 1. The first kappa shape index (κ1) is 18.6. The molecule has 0 radical (unpaired) electrons. The predicted molar refractivity (Wildman–Crippen MR) is 117 cm³/mol. The number of hydrogen-bond donors (Lipinski definition) is 0. The summed E-state index contributed by atoms with van der Waals surface area (Å²) in [6.45, 7) is 4.16. The van der Waals surface area contributed by atoms with E-state index in [1.54, 1.807) is 0 Å². The van der Waals surface area contributed by atoms with Crippen molar-refractivity contribution in [3.8, 4) is 28.5 Å². The molecule has 5 heteroatoms. The van der Waals surface area contributed by atoms with Gasteiger partial charge in [-0.3, -0.25) is 4.90 Å². The maximum Gasteiger partial charge on any atom is 0.137 e. The lowest BCUT2D eigenvalue weighted by molar-refractivity contribution is 0.0336. The second kappa shape index (κ2) is 8.11. The minimum atomic E-state index is 0.656. The van der Waals surface area contributed by atoms with Crippen molar-refractivity contribution in [2.24, 2.45) is 0 Å². The van der Waals surface area contributed by atoms with Gasteiger partial charge in [-0.15, -0.1) is 0 Å². The van der Waals surface area contributed by atoms with Crippen molar-refractivity contribution in [2.75, 3.05) is 26.3 Å². The number of hydrogen-bond acceptors (Lipinski definition) is 4. The number of nitrogens with zero attached hydrogens (tertiary/aromatic N) is 4. The summed E-state index contributed by atoms with van der Waals surface area (Å²) in [4.78, 5) is 7.37. The van der Waals surface area contributed by atoms with Gasteiger partial charge in [0, 0.05) is 31.4 Å². The Balaban J connectivity index is 1.63. The van der Waals surface area contributed by atoms with Crippen LogP contribution in [0.4, 0.5) is 0 Å². The number of ether oxygens (including phenoxy) is 1. The molecule has 0 atom stereocenters. The average Bonchev–Trinajstić information content (AvgIpc) is 3.18. The molecule has 2 aromatic carbocycles. The third-order valence-corrected chi connectivity index (χ3v) is 5.59. The van der Waals surface area contributed by atoms with E-state index < -0.39 is 0 Å². The van der Waals surface area contributed by atoms with Crippen LogP contribution in [0.5, 0.6) is 0 Å². The maximum absolute atomic E-state index is 9.13. The van der Waals surface area contributed by atoms with E-state index in [1.807, 2.05) is 30.3 Å². The SMILES string of the molecule is N#Cc1ccc(-c2nc3ccc(-c4ccccc4)cn3c2CN2CCOCC2)cc1. The third kappa shape index (κ3) is 3.59. The lowest BCUT2D eigenvalue weighted by atomic mass is 10.1. The fraction of sp³-hybridized carbons (Fsp3) is 0.200. The first-order valence-electron chi connectivity index (χ1n) is 10.2. The van der Waals surface area contributed by atoms with Gasteiger partial charge in [0.05, 0.1) is 36.2 Å². The van der Waals surface area contributed by atoms with Gasteiger partial charge < -0.3 is 9.14 Å². The number of imidazole rings is 1. The fourth-order valence-electron chi connectivity index (χ4n) is 3.95. The lowest BCUT2D eigenvalue weighted by Gasteiger charge is -2.26. The normalized spacial score (nSPS) is 14.6. The van der Waals surface area contributed by atoms with Crippen molar-refractivity contribution in [1.29, 1.82) is 5.26 Å². The number of pyridine rings is 1. The van der Waals surface area contributed by atoms with Crippen LogP contribution in [0.2, 0.25) is 0 Å². The molecule has 148 valence electrons. The van der Waals surface area contributed by atoms with Gasteiger partial charge in [0.2, 0.25) is 0 Å². The highest BCUT2D eigenvalue weighted by Gasteiger charge is 2.19. The molecule has 5 nitrogen and oxygen atoms in total. The summed E-state index contributed by atoms with van der Waals surface area (Å²) < 4.78 is 7.74. The summed E-state index contributed by atoms with van der Waals surface area (Å²) in [6, 6.07) is 24.5. The highest BCUT2D eigenvalue weighted by molar-refractivity contribution is 5.70. The van der Waals surface area contributed by atoms with Crippen LogP contribution < -0.4 is 0 Å². The van der Waals surface area contributed by atoms with Gasteiger partial charge in [0.1, 0.15) is 5.65 Å². The molecular formula is C25H22N4O. The van der Waals surface area contributed by atoms with E-state index >= 15 is 0 Å². The highest BCUT2D eigenvalue weighted by atomic mass is 16.5. The molecule has 1 aliphatic heterocycles. The summed E-state index contributed by atoms with van der Waals surface area (Å²) in [5, 5.41) is 9.13. The minimum absolute atomic E-state index is 0.656. The van der Waals surface area contributed by atoms with E-state index in [0.717, 1.165) is 61.0 Å². The van der Waals surface area contributed by atoms with Crippen LogP contribution in [-0.2, 0) is 11.3 Å². The molecule has 0 saturated carbocycles. The van der Waals surface area contributed by atoms with Gasteiger partial charge in [-0.1, -0.05) is 42.5 Å². The minimum Gasteiger partial charge on any atom is -0.379 e. The Labute approximate surface area is 175 Å². The summed E-state index contributed by atoms with van der Waals surface area (Å²) in [5.41, 5.74) is 7.09. The van der Waals surface area contributed by atoms with Crippen LogP contribution in [0.1, 0.15) is 11.3 Å². The van der Waals surface area contributed by atoms with E-state index in [0.29, 0.717) is 5.56 Å². The van der Waals surface area contributed by atoms with Crippen LogP contribution in [0.3, 0.4) is 0 Å². The molecule has 5 rings (SSSR count). The number of nitriles is 1. The van der Waals surface area contributed by atoms with E-state index in [9.17, 15) is 0 Å². The Bertz CT molecular complexity index is 1200. The van der Waals surface area contributed by atoms with Gasteiger partial charge in [-0.2, -0.15) is 5.26 Å². The van der Waals surface area contributed by atoms with Crippen molar-refractivity contribution >= 4 is 5.65 Å². The van der Waals surface area contributed by atoms with Crippen molar-refractivity contribution in [1.82, 2.24) is 14.3 Å². The zero-order valence-corrected chi connectivity index (χ0v) is 16.7. The van der Waals surface area contributed by atoms with Crippen LogP contribution in [0.25, 0.3) is 28.0 Å². The van der Waals surface area contributed by atoms with Crippen molar-refractivity contribution < 1.29 is 4.74 Å². The summed E-state index contributed by atoms with van der Waals surface area (Å²) in [6.07, 6.45) is 2.18. The zero-order chi connectivity index (χ0) is 20.3. The van der Waals surface area contributed by atoms with Crippen LogP contribution in [0.15, 0.2) is 72.9 Å². The number of benzene rings is 2. The molecule has 3 heterocycles. The number of rotatable bonds is 4. The molecule has 1 saturated heterocycles. The molecule has 0 unspecified atom stereocenters. The van der Waals surface area contributed by atoms with E-state index in [-0.39, 0.29) is 0 Å². The molecular weight excluding hydrogens is 372 g/mol. The average molecular weight is 394 g/mol. The molecule has 0 bridgehead atoms.